The lowest BCUT2D eigenvalue weighted by molar-refractivity contribution is -0.144. The maximum absolute atomic E-state index is 11.9. The second kappa shape index (κ2) is 10.4. The molecule has 1 aromatic heterocycles. The maximum atomic E-state index is 11.9. The zero-order chi connectivity index (χ0) is 18.6. The van der Waals surface area contributed by atoms with Gasteiger partial charge in [0, 0.05) is 31.7 Å². The first-order valence-electron chi connectivity index (χ1n) is 9.28. The highest BCUT2D eigenvalue weighted by atomic mass is 35.5. The summed E-state index contributed by atoms with van der Waals surface area (Å²) in [4.78, 5) is 18.5. The van der Waals surface area contributed by atoms with Crippen LogP contribution in [0.2, 0.25) is 0 Å². The lowest BCUT2D eigenvalue weighted by atomic mass is 10.0. The molecule has 1 N–H and O–H groups in total. The topological polar surface area (TPSA) is 58.4 Å². The second-order valence-corrected chi connectivity index (χ2v) is 7.02. The molecule has 0 saturated carbocycles. The van der Waals surface area contributed by atoms with E-state index in [-0.39, 0.29) is 24.8 Å². The van der Waals surface area contributed by atoms with Crippen molar-refractivity contribution in [1.82, 2.24) is 14.5 Å². The largest absolute Gasteiger partial charge is 0.480 e. The monoisotopic (exact) mass is 433 g/mol. The standard InChI is InChI=1S/C22H23N3O2.2ClH/c26-22(27)21-13-20-19(15-24(21)12-11-17-7-3-1-4-8-17)23-16-25(20)14-18-9-5-2-6-10-18;;/h1-10,16,21H,11-15H2,(H,26,27);2*1H. The minimum absolute atomic E-state index is 0. The van der Waals surface area contributed by atoms with E-state index in [1.165, 1.54) is 11.1 Å². The van der Waals surface area contributed by atoms with Gasteiger partial charge in [-0.25, -0.2) is 4.98 Å². The van der Waals surface area contributed by atoms with Gasteiger partial charge in [-0.1, -0.05) is 60.7 Å². The predicted octanol–water partition coefficient (Wildman–Crippen LogP) is 3.83. The van der Waals surface area contributed by atoms with Crippen LogP contribution in [0.5, 0.6) is 0 Å². The quantitative estimate of drug-likeness (QED) is 0.641. The number of aliphatic carboxylic acids is 1. The fourth-order valence-corrected chi connectivity index (χ4v) is 3.74. The van der Waals surface area contributed by atoms with Crippen LogP contribution in [0.3, 0.4) is 0 Å². The maximum Gasteiger partial charge on any atom is 0.321 e. The van der Waals surface area contributed by atoms with E-state index in [2.05, 4.69) is 33.8 Å². The first-order chi connectivity index (χ1) is 13.2. The molecule has 0 spiro atoms. The Hall–Kier alpha value is -2.34. The summed E-state index contributed by atoms with van der Waals surface area (Å²) in [5.74, 6) is -0.763. The number of halogens is 2. The van der Waals surface area contributed by atoms with Gasteiger partial charge in [-0.2, -0.15) is 0 Å². The van der Waals surface area contributed by atoms with Gasteiger partial charge >= 0.3 is 5.97 Å². The van der Waals surface area contributed by atoms with Crippen molar-refractivity contribution in [2.24, 2.45) is 0 Å². The van der Waals surface area contributed by atoms with Gasteiger partial charge in [0.25, 0.3) is 0 Å². The Labute approximate surface area is 183 Å². The summed E-state index contributed by atoms with van der Waals surface area (Å²) in [6.07, 6.45) is 3.17. The molecule has 1 unspecified atom stereocenters. The number of nitrogens with zero attached hydrogens (tertiary/aromatic N) is 3. The number of aromatic nitrogens is 2. The van der Waals surface area contributed by atoms with Gasteiger partial charge in [0.1, 0.15) is 6.04 Å². The first kappa shape index (κ1) is 22.9. The van der Waals surface area contributed by atoms with E-state index in [1.54, 1.807) is 0 Å². The smallest absolute Gasteiger partial charge is 0.321 e. The van der Waals surface area contributed by atoms with Crippen LogP contribution in [0.15, 0.2) is 67.0 Å². The van der Waals surface area contributed by atoms with Crippen molar-refractivity contribution >= 4 is 30.8 Å². The van der Waals surface area contributed by atoms with Crippen molar-refractivity contribution in [1.29, 1.82) is 0 Å². The Bertz CT molecular complexity index is 916. The number of rotatable bonds is 6. The second-order valence-electron chi connectivity index (χ2n) is 7.02. The van der Waals surface area contributed by atoms with Crippen molar-refractivity contribution in [3.63, 3.8) is 0 Å². The van der Waals surface area contributed by atoms with Crippen molar-refractivity contribution in [2.75, 3.05) is 6.54 Å². The molecule has 5 nitrogen and oxygen atoms in total. The number of imidazole rings is 1. The van der Waals surface area contributed by atoms with Crippen molar-refractivity contribution in [2.45, 2.75) is 32.0 Å². The number of carboxylic acids is 1. The summed E-state index contributed by atoms with van der Waals surface area (Å²) in [7, 11) is 0. The third kappa shape index (κ3) is 5.38. The Morgan fingerprint density at radius 3 is 2.24 bits per heavy atom. The van der Waals surface area contributed by atoms with E-state index in [1.807, 2.05) is 47.6 Å². The molecule has 0 fully saturated rings. The molecule has 2 heterocycles. The van der Waals surface area contributed by atoms with Crippen LogP contribution in [0.4, 0.5) is 0 Å². The van der Waals surface area contributed by atoms with Crippen LogP contribution in [-0.4, -0.2) is 38.1 Å². The minimum atomic E-state index is -0.763. The predicted molar refractivity (Wildman–Crippen MR) is 118 cm³/mol. The Morgan fingerprint density at radius 1 is 1.00 bits per heavy atom. The van der Waals surface area contributed by atoms with Crippen LogP contribution in [0.1, 0.15) is 22.5 Å². The van der Waals surface area contributed by atoms with Crippen molar-refractivity contribution in [3.8, 4) is 0 Å². The van der Waals surface area contributed by atoms with E-state index in [4.69, 9.17) is 0 Å². The summed E-state index contributed by atoms with van der Waals surface area (Å²) in [6.45, 7) is 2.02. The lowest BCUT2D eigenvalue weighted by Crippen LogP contribution is -2.46. The van der Waals surface area contributed by atoms with Gasteiger partial charge in [0.2, 0.25) is 0 Å². The Morgan fingerprint density at radius 2 is 1.62 bits per heavy atom. The van der Waals surface area contributed by atoms with Gasteiger partial charge in [0.15, 0.2) is 0 Å². The summed E-state index contributed by atoms with van der Waals surface area (Å²) < 4.78 is 2.09. The summed E-state index contributed by atoms with van der Waals surface area (Å²) >= 11 is 0. The van der Waals surface area contributed by atoms with E-state index >= 15 is 0 Å². The Balaban J connectivity index is 0.00000150. The van der Waals surface area contributed by atoms with Crippen LogP contribution in [-0.2, 0) is 30.7 Å². The molecule has 3 aromatic rings. The average molecular weight is 434 g/mol. The molecule has 4 rings (SSSR count). The van der Waals surface area contributed by atoms with E-state index in [0.29, 0.717) is 19.5 Å². The van der Waals surface area contributed by atoms with Crippen LogP contribution < -0.4 is 0 Å². The van der Waals surface area contributed by atoms with E-state index in [9.17, 15) is 9.90 Å². The van der Waals surface area contributed by atoms with Crippen LogP contribution >= 0.6 is 24.8 Å². The molecule has 0 bridgehead atoms. The first-order valence-corrected chi connectivity index (χ1v) is 9.28. The van der Waals surface area contributed by atoms with E-state index in [0.717, 1.165) is 24.4 Å². The van der Waals surface area contributed by atoms with Crippen molar-refractivity contribution in [3.05, 3.63) is 89.5 Å². The highest BCUT2D eigenvalue weighted by Gasteiger charge is 2.33. The third-order valence-electron chi connectivity index (χ3n) is 5.22. The molecule has 1 aliphatic heterocycles. The fourth-order valence-electron chi connectivity index (χ4n) is 3.74. The molecule has 0 saturated heterocycles. The molecule has 1 aliphatic rings. The van der Waals surface area contributed by atoms with Gasteiger partial charge in [-0.15, -0.1) is 24.8 Å². The Kier molecular flexibility index (Phi) is 8.26. The lowest BCUT2D eigenvalue weighted by Gasteiger charge is -2.33. The average Bonchev–Trinajstić information content (AvgIpc) is 3.09. The number of hydrogen-bond acceptors (Lipinski definition) is 3. The highest BCUT2D eigenvalue weighted by molar-refractivity contribution is 5.85. The molecule has 2 aromatic carbocycles. The molecule has 0 aliphatic carbocycles. The number of fused-ring (bicyclic) bond motifs is 1. The molecule has 0 amide bonds. The number of hydrogen-bond donors (Lipinski definition) is 1. The zero-order valence-electron chi connectivity index (χ0n) is 16.0. The molecule has 1 atom stereocenters. The number of carbonyl (C=O) groups is 1. The SMILES string of the molecule is Cl.Cl.O=C(O)C1Cc2c(ncn2Cc2ccccc2)CN1CCc1ccccc1. The van der Waals surface area contributed by atoms with Crippen LogP contribution in [0.25, 0.3) is 0 Å². The van der Waals surface area contributed by atoms with Crippen LogP contribution in [0, 0.1) is 0 Å². The molecular weight excluding hydrogens is 409 g/mol. The van der Waals surface area contributed by atoms with Gasteiger partial charge in [0.05, 0.1) is 12.0 Å². The fraction of sp³-hybridized carbons (Fsp3) is 0.273. The molecule has 7 heteroatoms. The van der Waals surface area contributed by atoms with Gasteiger partial charge in [-0.05, 0) is 17.5 Å². The van der Waals surface area contributed by atoms with E-state index < -0.39 is 12.0 Å². The third-order valence-corrected chi connectivity index (χ3v) is 5.22. The van der Waals surface area contributed by atoms with Gasteiger partial charge < -0.3 is 9.67 Å². The summed E-state index contributed by atoms with van der Waals surface area (Å²) in [6, 6.07) is 19.9. The number of carboxylic acid groups (broad SMARTS) is 1. The molecule has 154 valence electrons. The molecule has 29 heavy (non-hydrogen) atoms. The minimum Gasteiger partial charge on any atom is -0.480 e. The van der Waals surface area contributed by atoms with Crippen molar-refractivity contribution < 1.29 is 9.90 Å². The van der Waals surface area contributed by atoms with Gasteiger partial charge in [-0.3, -0.25) is 9.69 Å². The molecular formula is C22H25Cl2N3O2. The highest BCUT2D eigenvalue weighted by Crippen LogP contribution is 2.24. The zero-order valence-corrected chi connectivity index (χ0v) is 17.6. The summed E-state index contributed by atoms with van der Waals surface area (Å²) in [5.41, 5.74) is 4.46. The molecule has 0 radical (unpaired) electrons. The normalized spacial score (nSPS) is 15.7. The summed E-state index contributed by atoms with van der Waals surface area (Å²) in [5, 5.41) is 9.78. The number of benzene rings is 2.